The van der Waals surface area contributed by atoms with E-state index in [0.29, 0.717) is 45.4 Å². The van der Waals surface area contributed by atoms with E-state index in [4.69, 9.17) is 14.2 Å². The molecule has 2 aliphatic heterocycles. The molecule has 0 spiro atoms. The Balaban J connectivity index is 0.00000913. The van der Waals surface area contributed by atoms with Crippen LogP contribution in [0.3, 0.4) is 0 Å². The zero-order chi connectivity index (χ0) is 49.8. The van der Waals surface area contributed by atoms with Gasteiger partial charge in [-0.1, -0.05) is 118 Å². The van der Waals surface area contributed by atoms with Crippen LogP contribution in [0.1, 0.15) is 73.3 Å². The third-order valence-electron chi connectivity index (χ3n) is 13.8. The standard InChI is InChI=1S/C54H72IN5O9.CH4/c1-8-48-43(33-61)28-34(2)14-23-46(62)35(3)29-42(53(36(4)47(63)30-49(64)68-48)69-54-52(66)50(58(6)7)51(65)37(5)67-54)24-25-59(31-38-15-21-44(55)22-16-38)26-27-60-32-45(56-57-60)41-19-17-40(18-20-41)39-12-10-9-11-13-39;/h9-23,28,32,35-37,42-43,47-48,50-54,61,63,65-66H,8,24-27,29-31,33H2,1-7H3;1H4/b23-14+,34-28+;/t35-,36+,37-,42+,43-,47-,48-,50?,51-,52?,53-,54+;/m1./s1. The summed E-state index contributed by atoms with van der Waals surface area (Å²) >= 11 is 2.30. The van der Waals surface area contributed by atoms with E-state index in [1.807, 2.05) is 62.8 Å². The lowest BCUT2D eigenvalue weighted by molar-refractivity contribution is -0.304. The number of aliphatic hydroxyl groups excluding tert-OH is 4. The number of benzene rings is 3. The summed E-state index contributed by atoms with van der Waals surface area (Å²) in [5.74, 6) is -2.85. The average Bonchev–Trinajstić information content (AvgIpc) is 3.82. The van der Waals surface area contributed by atoms with E-state index in [0.717, 1.165) is 37.1 Å². The van der Waals surface area contributed by atoms with Gasteiger partial charge in [-0.3, -0.25) is 19.2 Å². The molecule has 14 nitrogen and oxygen atoms in total. The predicted octanol–water partition coefficient (Wildman–Crippen LogP) is 7.57. The Hall–Kier alpha value is -4.17. The van der Waals surface area contributed by atoms with Crippen molar-refractivity contribution >= 4 is 34.3 Å². The molecule has 2 unspecified atom stereocenters. The van der Waals surface area contributed by atoms with Gasteiger partial charge in [0, 0.05) is 40.0 Å². The summed E-state index contributed by atoms with van der Waals surface area (Å²) < 4.78 is 22.0. The van der Waals surface area contributed by atoms with Gasteiger partial charge in [0.15, 0.2) is 12.1 Å². The number of carbonyl (C=O) groups excluding carboxylic acids is 2. The zero-order valence-electron chi connectivity index (χ0n) is 41.1. The molecule has 0 aliphatic carbocycles. The topological polar surface area (TPSA) is 180 Å². The molecular weight excluding hydrogens is 1000 g/mol. The van der Waals surface area contributed by atoms with Crippen LogP contribution in [0.5, 0.6) is 0 Å². The molecule has 1 aromatic heterocycles. The molecule has 0 saturated carbocycles. The molecule has 0 bridgehead atoms. The van der Waals surface area contributed by atoms with Gasteiger partial charge in [0.25, 0.3) is 0 Å². The third-order valence-corrected chi connectivity index (χ3v) is 14.5. The Labute approximate surface area is 428 Å². The number of ether oxygens (including phenoxy) is 3. The minimum absolute atomic E-state index is 0. The van der Waals surface area contributed by atoms with Crippen molar-refractivity contribution in [3.05, 3.63) is 118 Å². The van der Waals surface area contributed by atoms with Crippen molar-refractivity contribution in [3.8, 4) is 22.4 Å². The second-order valence-corrected chi connectivity index (χ2v) is 20.4. The number of cyclic esters (lactones) is 1. The molecule has 1 saturated heterocycles. The first-order valence-electron chi connectivity index (χ1n) is 24.3. The maximum atomic E-state index is 14.0. The van der Waals surface area contributed by atoms with Crippen molar-refractivity contribution < 1.29 is 44.2 Å². The summed E-state index contributed by atoms with van der Waals surface area (Å²) in [5, 5.41) is 54.2. The zero-order valence-corrected chi connectivity index (χ0v) is 43.2. The summed E-state index contributed by atoms with van der Waals surface area (Å²) in [6.45, 7) is 11.2. The number of aromatic nitrogens is 3. The molecule has 3 heterocycles. The number of rotatable bonds is 15. The van der Waals surface area contributed by atoms with Gasteiger partial charge >= 0.3 is 5.97 Å². The molecule has 0 radical (unpaired) electrons. The van der Waals surface area contributed by atoms with Crippen LogP contribution in [-0.2, 0) is 36.9 Å². The van der Waals surface area contributed by atoms with Crippen LogP contribution in [-0.4, -0.2) is 140 Å². The third kappa shape index (κ3) is 15.4. The maximum Gasteiger partial charge on any atom is 0.308 e. The van der Waals surface area contributed by atoms with Crippen LogP contribution in [0.2, 0.25) is 0 Å². The molecule has 4 N–H and O–H groups in total. The minimum Gasteiger partial charge on any atom is -0.462 e. The highest BCUT2D eigenvalue weighted by Gasteiger charge is 2.47. The molecule has 3 aromatic carbocycles. The van der Waals surface area contributed by atoms with Gasteiger partial charge in [-0.15, -0.1) is 5.10 Å². The lowest BCUT2D eigenvalue weighted by Crippen LogP contribution is -2.63. The van der Waals surface area contributed by atoms with Gasteiger partial charge in [0.2, 0.25) is 0 Å². The molecule has 6 rings (SSSR count). The van der Waals surface area contributed by atoms with Gasteiger partial charge in [0.1, 0.15) is 17.9 Å². The van der Waals surface area contributed by atoms with Crippen LogP contribution in [0, 0.1) is 27.2 Å². The highest BCUT2D eigenvalue weighted by Crippen LogP contribution is 2.35. The summed E-state index contributed by atoms with van der Waals surface area (Å²) in [4.78, 5) is 31.7. The van der Waals surface area contributed by atoms with Crippen molar-refractivity contribution in [1.29, 1.82) is 0 Å². The monoisotopic (exact) mass is 1080 g/mol. The molecule has 382 valence electrons. The summed E-state index contributed by atoms with van der Waals surface area (Å²) in [5.41, 5.74) is 5.85. The normalized spacial score (nSPS) is 29.5. The number of ketones is 1. The highest BCUT2D eigenvalue weighted by molar-refractivity contribution is 14.1. The summed E-state index contributed by atoms with van der Waals surface area (Å²) in [6, 6.07) is 26.2. The van der Waals surface area contributed by atoms with Crippen LogP contribution >= 0.6 is 22.6 Å². The Morgan fingerprint density at radius 3 is 2.21 bits per heavy atom. The number of likely N-dealkylation sites (N-methyl/N-ethyl adjacent to an activating group) is 1. The van der Waals surface area contributed by atoms with Crippen LogP contribution in [0.25, 0.3) is 22.4 Å². The lowest BCUT2D eigenvalue weighted by atomic mass is 9.79. The van der Waals surface area contributed by atoms with E-state index >= 15 is 0 Å². The number of nitrogens with zero attached hydrogens (tertiary/aromatic N) is 5. The number of halogens is 1. The minimum atomic E-state index is -1.27. The predicted molar refractivity (Wildman–Crippen MR) is 281 cm³/mol. The number of hydrogen-bond donors (Lipinski definition) is 4. The van der Waals surface area contributed by atoms with Gasteiger partial charge in [-0.25, -0.2) is 0 Å². The molecule has 12 atom stereocenters. The van der Waals surface area contributed by atoms with Crippen molar-refractivity contribution in [2.75, 3.05) is 33.8 Å². The lowest BCUT2D eigenvalue weighted by Gasteiger charge is -2.46. The number of esters is 1. The molecule has 15 heteroatoms. The second-order valence-electron chi connectivity index (χ2n) is 19.2. The van der Waals surface area contributed by atoms with E-state index in [2.05, 4.69) is 98.5 Å². The first kappa shape index (κ1) is 56.7. The van der Waals surface area contributed by atoms with Crippen molar-refractivity contribution in [1.82, 2.24) is 24.8 Å². The first-order chi connectivity index (χ1) is 33.0. The Bertz CT molecular complexity index is 2290. The Kier molecular flexibility index (Phi) is 21.9. The van der Waals surface area contributed by atoms with Crippen molar-refractivity contribution in [2.45, 2.75) is 130 Å². The van der Waals surface area contributed by atoms with Gasteiger partial charge in [-0.2, -0.15) is 0 Å². The Morgan fingerprint density at radius 1 is 0.886 bits per heavy atom. The molecule has 70 heavy (non-hydrogen) atoms. The SMILES string of the molecule is C.CC[C@H]1OC(=O)C[C@@H](O)[C@H](C)[C@@H](O[C@@H]2O[C@H](C)[C@@H](O)C(N(C)C)C2O)[C@@H](CCN(CCn2cc(-c3ccc(-c4ccccc4)cc3)nn2)Cc2ccc(I)cc2)C[C@@H](C)C(=O)/C=C/C(C)=C/[C@@H]1CO. The first-order valence-corrected chi connectivity index (χ1v) is 25.4. The van der Waals surface area contributed by atoms with E-state index < -0.39 is 78.6 Å². The van der Waals surface area contributed by atoms with Crippen molar-refractivity contribution in [2.24, 2.45) is 23.7 Å². The molecule has 2 aliphatic rings. The smallest absolute Gasteiger partial charge is 0.308 e. The van der Waals surface area contributed by atoms with Gasteiger partial charge < -0.3 is 39.5 Å². The van der Waals surface area contributed by atoms with E-state index in [-0.39, 0.29) is 26.2 Å². The number of hydrogen-bond acceptors (Lipinski definition) is 13. The summed E-state index contributed by atoms with van der Waals surface area (Å²) in [6.07, 6.45) is 1.04. The fraction of sp³-hybridized carbons (Fsp3) is 0.527. The molecule has 4 aromatic rings. The summed E-state index contributed by atoms with van der Waals surface area (Å²) in [7, 11) is 3.54. The van der Waals surface area contributed by atoms with Gasteiger partial charge in [-0.05, 0) is 117 Å². The molecule has 1 fully saturated rings. The quantitative estimate of drug-likeness (QED) is 0.0677. The number of allylic oxidation sites excluding steroid dienone is 3. The van der Waals surface area contributed by atoms with E-state index in [1.165, 1.54) is 0 Å². The van der Waals surface area contributed by atoms with E-state index in [9.17, 15) is 30.0 Å². The second kappa shape index (κ2) is 27.0. The fourth-order valence-electron chi connectivity index (χ4n) is 9.57. The number of aliphatic hydroxyl groups is 4. The van der Waals surface area contributed by atoms with Crippen LogP contribution < -0.4 is 0 Å². The van der Waals surface area contributed by atoms with Gasteiger partial charge in [0.05, 0.1) is 56.2 Å². The highest BCUT2D eigenvalue weighted by atomic mass is 127. The average molecular weight is 1080 g/mol. The van der Waals surface area contributed by atoms with Crippen LogP contribution in [0.4, 0.5) is 0 Å². The maximum absolute atomic E-state index is 14.0. The number of carbonyl (C=O) groups is 2. The fourth-order valence-corrected chi connectivity index (χ4v) is 9.93. The Morgan fingerprint density at radius 2 is 1.56 bits per heavy atom. The molecular formula is C55H76IN5O9. The van der Waals surface area contributed by atoms with E-state index in [1.54, 1.807) is 38.1 Å². The molecule has 0 amide bonds. The van der Waals surface area contributed by atoms with Crippen molar-refractivity contribution in [3.63, 3.8) is 0 Å². The van der Waals surface area contributed by atoms with Crippen LogP contribution in [0.15, 0.2) is 109 Å². The largest absolute Gasteiger partial charge is 0.462 e.